The molecule has 0 unspecified atom stereocenters. The van der Waals surface area contributed by atoms with E-state index in [2.05, 4.69) is 72.4 Å². The largest absolute Gasteiger partial charge is 0.416 e. The molecule has 0 amide bonds. The van der Waals surface area contributed by atoms with Crippen LogP contribution in [0.3, 0.4) is 0 Å². The molecule has 31 heavy (non-hydrogen) atoms. The first kappa shape index (κ1) is 23.1. The second-order valence-electron chi connectivity index (χ2n) is 9.34. The Labute approximate surface area is 186 Å². The molecule has 0 aliphatic carbocycles. The SMILES string of the molecule is Cn1cc(Nc2nccc(-c3ccc(CN)c(CCO[Si](C)(C)C(C)(C)C)c3)n2)cn1. The van der Waals surface area contributed by atoms with Gasteiger partial charge >= 0.3 is 0 Å². The summed E-state index contributed by atoms with van der Waals surface area (Å²) in [5.74, 6) is 0.538. The molecule has 3 aromatic rings. The lowest BCUT2D eigenvalue weighted by molar-refractivity contribution is 0.291. The Kier molecular flexibility index (Phi) is 6.93. The summed E-state index contributed by atoms with van der Waals surface area (Å²) in [5.41, 5.74) is 11.1. The predicted octanol–water partition coefficient (Wildman–Crippen LogP) is 4.64. The van der Waals surface area contributed by atoms with Crippen LogP contribution in [0.25, 0.3) is 11.3 Å². The highest BCUT2D eigenvalue weighted by molar-refractivity contribution is 6.74. The fraction of sp³-hybridized carbons (Fsp3) is 0.435. The number of benzene rings is 1. The normalized spacial score (nSPS) is 12.2. The Morgan fingerprint density at radius 3 is 2.58 bits per heavy atom. The van der Waals surface area contributed by atoms with Gasteiger partial charge in [-0.3, -0.25) is 4.68 Å². The zero-order valence-electron chi connectivity index (χ0n) is 19.4. The summed E-state index contributed by atoms with van der Waals surface area (Å²) >= 11 is 0. The lowest BCUT2D eigenvalue weighted by Crippen LogP contribution is -2.41. The van der Waals surface area contributed by atoms with E-state index in [1.54, 1.807) is 17.1 Å². The van der Waals surface area contributed by atoms with Crippen LogP contribution < -0.4 is 11.1 Å². The van der Waals surface area contributed by atoms with Crippen molar-refractivity contribution >= 4 is 20.0 Å². The van der Waals surface area contributed by atoms with E-state index in [1.165, 1.54) is 5.56 Å². The summed E-state index contributed by atoms with van der Waals surface area (Å²) in [6.07, 6.45) is 6.22. The molecular weight excluding hydrogens is 404 g/mol. The zero-order chi connectivity index (χ0) is 22.6. The smallest absolute Gasteiger partial charge is 0.227 e. The second kappa shape index (κ2) is 9.29. The van der Waals surface area contributed by atoms with Crippen LogP contribution in [0.5, 0.6) is 0 Å². The molecule has 0 fully saturated rings. The van der Waals surface area contributed by atoms with Gasteiger partial charge in [0.15, 0.2) is 8.32 Å². The average Bonchev–Trinajstić information content (AvgIpc) is 3.11. The van der Waals surface area contributed by atoms with Gasteiger partial charge in [-0.25, -0.2) is 9.97 Å². The van der Waals surface area contributed by atoms with Gasteiger partial charge in [0.05, 0.1) is 17.6 Å². The average molecular weight is 439 g/mol. The first-order valence-corrected chi connectivity index (χ1v) is 13.5. The van der Waals surface area contributed by atoms with Crippen LogP contribution in [0.2, 0.25) is 18.1 Å². The molecule has 7 nitrogen and oxygen atoms in total. The number of rotatable bonds is 8. The molecule has 8 heteroatoms. The molecule has 166 valence electrons. The molecule has 3 N–H and O–H groups in total. The number of nitrogens with one attached hydrogen (secondary N) is 1. The molecular formula is C23H34N6OSi. The molecule has 0 spiro atoms. The third-order valence-electron chi connectivity index (χ3n) is 5.98. The lowest BCUT2D eigenvalue weighted by Gasteiger charge is -2.36. The molecule has 0 saturated carbocycles. The van der Waals surface area contributed by atoms with E-state index >= 15 is 0 Å². The highest BCUT2D eigenvalue weighted by atomic mass is 28.4. The first-order chi connectivity index (χ1) is 14.6. The van der Waals surface area contributed by atoms with Crippen molar-refractivity contribution in [2.24, 2.45) is 12.8 Å². The molecule has 0 aliphatic rings. The summed E-state index contributed by atoms with van der Waals surface area (Å²) in [5, 5.41) is 7.56. The minimum atomic E-state index is -1.77. The van der Waals surface area contributed by atoms with E-state index < -0.39 is 8.32 Å². The Hall–Kier alpha value is -2.55. The van der Waals surface area contributed by atoms with Crippen molar-refractivity contribution in [3.63, 3.8) is 0 Å². The summed E-state index contributed by atoms with van der Waals surface area (Å²) in [6, 6.07) is 8.25. The monoisotopic (exact) mass is 438 g/mol. The zero-order valence-corrected chi connectivity index (χ0v) is 20.4. The molecule has 0 radical (unpaired) electrons. The Balaban J connectivity index is 1.78. The number of anilines is 2. The van der Waals surface area contributed by atoms with E-state index in [0.29, 0.717) is 19.1 Å². The minimum Gasteiger partial charge on any atom is -0.416 e. The number of nitrogens with two attached hydrogens (primary N) is 1. The molecule has 0 bridgehead atoms. The lowest BCUT2D eigenvalue weighted by atomic mass is 10.00. The van der Waals surface area contributed by atoms with Crippen LogP contribution in [0.15, 0.2) is 42.9 Å². The standard InChI is InChI=1S/C23H34N6OSi/c1-23(2,3)31(5,6)30-12-10-17-13-18(7-8-19(17)14-24)21-9-11-25-22(28-21)27-20-15-26-29(4)16-20/h7-9,11,13,15-16H,10,12,14,24H2,1-6H3,(H,25,27,28). The van der Waals surface area contributed by atoms with E-state index in [-0.39, 0.29) is 5.04 Å². The number of hydrogen-bond acceptors (Lipinski definition) is 6. The highest BCUT2D eigenvalue weighted by Crippen LogP contribution is 2.36. The van der Waals surface area contributed by atoms with Crippen molar-refractivity contribution in [2.75, 3.05) is 11.9 Å². The van der Waals surface area contributed by atoms with Gasteiger partial charge in [-0.1, -0.05) is 32.9 Å². The number of nitrogens with zero attached hydrogens (tertiary/aromatic N) is 4. The molecule has 0 saturated heterocycles. The molecule has 2 aromatic heterocycles. The molecule has 2 heterocycles. The maximum absolute atomic E-state index is 6.38. The van der Waals surface area contributed by atoms with Crippen molar-refractivity contribution < 1.29 is 4.43 Å². The topological polar surface area (TPSA) is 90.9 Å². The van der Waals surface area contributed by atoms with Gasteiger partial charge in [0, 0.05) is 38.2 Å². The third kappa shape index (κ3) is 5.78. The summed E-state index contributed by atoms with van der Waals surface area (Å²) in [4.78, 5) is 9.01. The van der Waals surface area contributed by atoms with Crippen LogP contribution in [0.1, 0.15) is 31.9 Å². The van der Waals surface area contributed by atoms with Gasteiger partial charge in [-0.15, -0.1) is 0 Å². The van der Waals surface area contributed by atoms with Gasteiger partial charge in [-0.05, 0) is 47.8 Å². The maximum Gasteiger partial charge on any atom is 0.227 e. The van der Waals surface area contributed by atoms with Gasteiger partial charge in [0.25, 0.3) is 0 Å². The van der Waals surface area contributed by atoms with Crippen LogP contribution in [-0.4, -0.2) is 34.7 Å². The summed E-state index contributed by atoms with van der Waals surface area (Å²) in [6.45, 7) is 12.6. The molecule has 1 aromatic carbocycles. The molecule has 3 rings (SSSR count). The predicted molar refractivity (Wildman–Crippen MR) is 129 cm³/mol. The quantitative estimate of drug-likeness (QED) is 0.498. The first-order valence-electron chi connectivity index (χ1n) is 10.6. The fourth-order valence-corrected chi connectivity index (χ4v) is 4.09. The van der Waals surface area contributed by atoms with E-state index in [1.807, 2.05) is 19.3 Å². The van der Waals surface area contributed by atoms with Gasteiger partial charge in [-0.2, -0.15) is 5.10 Å². The second-order valence-corrected chi connectivity index (χ2v) is 14.1. The number of aryl methyl sites for hydroxylation is 1. The van der Waals surface area contributed by atoms with E-state index in [9.17, 15) is 0 Å². The van der Waals surface area contributed by atoms with Gasteiger partial charge in [0.2, 0.25) is 5.95 Å². The third-order valence-corrected chi connectivity index (χ3v) is 10.5. The van der Waals surface area contributed by atoms with E-state index in [4.69, 9.17) is 10.2 Å². The van der Waals surface area contributed by atoms with Gasteiger partial charge < -0.3 is 15.5 Å². The molecule has 0 aliphatic heterocycles. The van der Waals surface area contributed by atoms with Gasteiger partial charge in [0.1, 0.15) is 0 Å². The van der Waals surface area contributed by atoms with Crippen molar-refractivity contribution in [2.45, 2.75) is 51.9 Å². The number of aromatic nitrogens is 4. The Bertz CT molecular complexity index is 1020. The molecule has 0 atom stereocenters. The number of hydrogen-bond donors (Lipinski definition) is 2. The maximum atomic E-state index is 6.38. The highest BCUT2D eigenvalue weighted by Gasteiger charge is 2.36. The van der Waals surface area contributed by atoms with Crippen molar-refractivity contribution in [1.82, 2.24) is 19.7 Å². The van der Waals surface area contributed by atoms with Crippen LogP contribution in [0, 0.1) is 0 Å². The minimum absolute atomic E-state index is 0.199. The van der Waals surface area contributed by atoms with Crippen LogP contribution in [-0.2, 0) is 24.4 Å². The van der Waals surface area contributed by atoms with Crippen LogP contribution >= 0.6 is 0 Å². The van der Waals surface area contributed by atoms with Crippen molar-refractivity contribution in [1.29, 1.82) is 0 Å². The summed E-state index contributed by atoms with van der Waals surface area (Å²) < 4.78 is 8.12. The van der Waals surface area contributed by atoms with Crippen molar-refractivity contribution in [3.8, 4) is 11.3 Å². The fourth-order valence-electron chi connectivity index (χ4n) is 3.04. The summed E-state index contributed by atoms with van der Waals surface area (Å²) in [7, 11) is 0.0991. The van der Waals surface area contributed by atoms with E-state index in [0.717, 1.165) is 28.9 Å². The Morgan fingerprint density at radius 2 is 1.94 bits per heavy atom. The van der Waals surface area contributed by atoms with Crippen molar-refractivity contribution in [3.05, 3.63) is 54.0 Å². The van der Waals surface area contributed by atoms with Crippen LogP contribution in [0.4, 0.5) is 11.6 Å². The Morgan fingerprint density at radius 1 is 1.16 bits per heavy atom.